The lowest BCUT2D eigenvalue weighted by Gasteiger charge is -2.03. The Morgan fingerprint density at radius 3 is 2.86 bits per heavy atom. The van der Waals surface area contributed by atoms with Crippen LogP contribution in [0, 0.1) is 0 Å². The van der Waals surface area contributed by atoms with E-state index in [4.69, 9.17) is 16.7 Å². The topological polar surface area (TPSA) is 37.3 Å². The van der Waals surface area contributed by atoms with Crippen LogP contribution in [0.4, 0.5) is 0 Å². The van der Waals surface area contributed by atoms with Crippen molar-refractivity contribution in [1.29, 1.82) is 0 Å². The van der Waals surface area contributed by atoms with Crippen LogP contribution in [0.5, 0.6) is 0 Å². The number of aliphatic hydroxyl groups is 1. The molecule has 1 rings (SSSR count). The van der Waals surface area contributed by atoms with Crippen molar-refractivity contribution in [3.63, 3.8) is 0 Å². The molecule has 0 saturated heterocycles. The van der Waals surface area contributed by atoms with Gasteiger partial charge in [0.05, 0.1) is 5.02 Å². The predicted molar refractivity (Wildman–Crippen MR) is 59.3 cm³/mol. The van der Waals surface area contributed by atoms with Crippen molar-refractivity contribution in [2.45, 2.75) is 11.3 Å². The average molecular weight is 231 g/mol. The van der Waals surface area contributed by atoms with E-state index in [9.17, 15) is 4.79 Å². The van der Waals surface area contributed by atoms with Crippen molar-refractivity contribution in [2.24, 2.45) is 0 Å². The van der Waals surface area contributed by atoms with Crippen LogP contribution in [0.3, 0.4) is 0 Å². The molecule has 0 unspecified atom stereocenters. The molecule has 1 aromatic rings. The van der Waals surface area contributed by atoms with Gasteiger partial charge in [0, 0.05) is 22.8 Å². The summed E-state index contributed by atoms with van der Waals surface area (Å²) >= 11 is 7.53. The molecular formula is C10H11ClO2S. The van der Waals surface area contributed by atoms with Gasteiger partial charge in [-0.15, -0.1) is 11.8 Å². The number of aliphatic hydroxyl groups excluding tert-OH is 1. The summed E-state index contributed by atoms with van der Waals surface area (Å²) in [5, 5.41) is 9.20. The summed E-state index contributed by atoms with van der Waals surface area (Å²) < 4.78 is 0. The molecule has 1 aromatic carbocycles. The summed E-state index contributed by atoms with van der Waals surface area (Å²) in [5.74, 6) is 0.830. The smallest absolute Gasteiger partial charge is 0.150 e. The van der Waals surface area contributed by atoms with E-state index in [0.29, 0.717) is 10.6 Å². The van der Waals surface area contributed by atoms with E-state index >= 15 is 0 Å². The molecule has 0 aliphatic carbocycles. The van der Waals surface area contributed by atoms with Gasteiger partial charge in [-0.1, -0.05) is 17.7 Å². The third-order valence-corrected chi connectivity index (χ3v) is 3.24. The lowest BCUT2D eigenvalue weighted by molar-refractivity contribution is 0.112. The van der Waals surface area contributed by atoms with Crippen LogP contribution in [0.25, 0.3) is 0 Å². The van der Waals surface area contributed by atoms with Gasteiger partial charge in [-0.25, -0.2) is 0 Å². The van der Waals surface area contributed by atoms with Crippen LogP contribution in [0.15, 0.2) is 23.1 Å². The van der Waals surface area contributed by atoms with E-state index < -0.39 is 0 Å². The average Bonchev–Trinajstić information content (AvgIpc) is 2.20. The van der Waals surface area contributed by atoms with Crippen molar-refractivity contribution in [3.05, 3.63) is 28.8 Å². The van der Waals surface area contributed by atoms with Crippen molar-refractivity contribution in [1.82, 2.24) is 0 Å². The zero-order valence-corrected chi connectivity index (χ0v) is 9.14. The first-order chi connectivity index (χ1) is 6.77. The van der Waals surface area contributed by atoms with Crippen LogP contribution in [-0.4, -0.2) is 23.8 Å². The number of aldehydes is 1. The summed E-state index contributed by atoms with van der Waals surface area (Å²) in [7, 11) is 0. The monoisotopic (exact) mass is 230 g/mol. The maximum absolute atomic E-state index is 10.4. The number of carbonyl (C=O) groups excluding carboxylic acids is 1. The van der Waals surface area contributed by atoms with Crippen LogP contribution >= 0.6 is 23.4 Å². The number of thioether (sulfide) groups is 1. The predicted octanol–water partition coefficient (Wildman–Crippen LogP) is 2.63. The first kappa shape index (κ1) is 11.6. The van der Waals surface area contributed by atoms with Crippen LogP contribution in [0.1, 0.15) is 16.8 Å². The third-order valence-electron chi connectivity index (χ3n) is 1.65. The Kier molecular flexibility index (Phi) is 5.01. The number of rotatable bonds is 5. The molecular weight excluding hydrogens is 220 g/mol. The molecule has 14 heavy (non-hydrogen) atoms. The molecule has 0 saturated carbocycles. The number of carbonyl (C=O) groups is 1. The van der Waals surface area contributed by atoms with Crippen LogP contribution < -0.4 is 0 Å². The molecule has 0 bridgehead atoms. The molecule has 0 heterocycles. The molecule has 1 N–H and O–H groups in total. The summed E-state index contributed by atoms with van der Waals surface area (Å²) in [5.41, 5.74) is 0.585. The summed E-state index contributed by atoms with van der Waals surface area (Å²) in [4.78, 5) is 11.4. The quantitative estimate of drug-likeness (QED) is 0.480. The molecule has 76 valence electrons. The molecule has 4 heteroatoms. The summed E-state index contributed by atoms with van der Waals surface area (Å²) in [6.07, 6.45) is 1.52. The van der Waals surface area contributed by atoms with E-state index in [0.717, 1.165) is 23.4 Å². The highest BCUT2D eigenvalue weighted by molar-refractivity contribution is 7.99. The second kappa shape index (κ2) is 6.06. The molecule has 0 aromatic heterocycles. The maximum Gasteiger partial charge on any atom is 0.150 e. The first-order valence-corrected chi connectivity index (χ1v) is 5.62. The maximum atomic E-state index is 10.4. The zero-order valence-electron chi connectivity index (χ0n) is 7.57. The van der Waals surface area contributed by atoms with Crippen LogP contribution in [-0.2, 0) is 0 Å². The van der Waals surface area contributed by atoms with Gasteiger partial charge in [-0.05, 0) is 18.6 Å². The van der Waals surface area contributed by atoms with E-state index in [1.54, 1.807) is 23.9 Å². The Morgan fingerprint density at radius 2 is 2.29 bits per heavy atom. The lowest BCUT2D eigenvalue weighted by atomic mass is 10.2. The first-order valence-electron chi connectivity index (χ1n) is 4.26. The van der Waals surface area contributed by atoms with Crippen molar-refractivity contribution in [2.75, 3.05) is 12.4 Å². The highest BCUT2D eigenvalue weighted by atomic mass is 35.5. The number of benzene rings is 1. The minimum atomic E-state index is 0.192. The Morgan fingerprint density at radius 1 is 1.50 bits per heavy atom. The van der Waals surface area contributed by atoms with Gasteiger partial charge in [0.2, 0.25) is 0 Å². The highest BCUT2D eigenvalue weighted by Crippen LogP contribution is 2.27. The fourth-order valence-electron chi connectivity index (χ4n) is 0.954. The van der Waals surface area contributed by atoms with Gasteiger partial charge in [0.15, 0.2) is 0 Å². The van der Waals surface area contributed by atoms with Crippen LogP contribution in [0.2, 0.25) is 5.02 Å². The summed E-state index contributed by atoms with van der Waals surface area (Å²) in [6.45, 7) is 0.192. The molecule has 0 radical (unpaired) electrons. The fraction of sp³-hybridized carbons (Fsp3) is 0.300. The number of halogens is 1. The number of hydrogen-bond donors (Lipinski definition) is 1. The van der Waals surface area contributed by atoms with Gasteiger partial charge in [0.1, 0.15) is 6.29 Å². The van der Waals surface area contributed by atoms with Crippen molar-refractivity contribution >= 4 is 29.6 Å². The minimum absolute atomic E-state index is 0.192. The van der Waals surface area contributed by atoms with Gasteiger partial charge in [-0.2, -0.15) is 0 Å². The van der Waals surface area contributed by atoms with E-state index in [1.807, 2.05) is 6.07 Å². The fourth-order valence-corrected chi connectivity index (χ4v) is 2.16. The second-order valence-electron chi connectivity index (χ2n) is 2.73. The minimum Gasteiger partial charge on any atom is -0.396 e. The van der Waals surface area contributed by atoms with Gasteiger partial charge >= 0.3 is 0 Å². The van der Waals surface area contributed by atoms with E-state index in [2.05, 4.69) is 0 Å². The molecule has 0 amide bonds. The number of hydrogen-bond acceptors (Lipinski definition) is 3. The Labute approximate surface area is 92.3 Å². The Bertz CT molecular complexity index is 315. The van der Waals surface area contributed by atoms with Gasteiger partial charge in [0.25, 0.3) is 0 Å². The Hall–Kier alpha value is -0.510. The summed E-state index contributed by atoms with van der Waals surface area (Å²) in [6, 6.07) is 5.21. The normalized spacial score (nSPS) is 10.1. The van der Waals surface area contributed by atoms with E-state index in [-0.39, 0.29) is 6.61 Å². The molecule has 0 aliphatic heterocycles. The molecule has 0 aliphatic rings. The third kappa shape index (κ3) is 3.33. The largest absolute Gasteiger partial charge is 0.396 e. The standard InChI is InChI=1S/C10H11ClO2S/c11-9-6-8(7-13)2-3-10(9)14-5-1-4-12/h2-3,6-7,12H,1,4-5H2. The van der Waals surface area contributed by atoms with Gasteiger partial charge < -0.3 is 5.11 Å². The van der Waals surface area contributed by atoms with Crippen molar-refractivity contribution < 1.29 is 9.90 Å². The SMILES string of the molecule is O=Cc1ccc(SCCCO)c(Cl)c1. The van der Waals surface area contributed by atoms with Gasteiger partial charge in [-0.3, -0.25) is 4.79 Å². The zero-order chi connectivity index (χ0) is 10.4. The molecule has 2 nitrogen and oxygen atoms in total. The lowest BCUT2D eigenvalue weighted by Crippen LogP contribution is -1.87. The highest BCUT2D eigenvalue weighted by Gasteiger charge is 2.01. The second-order valence-corrected chi connectivity index (χ2v) is 4.28. The Balaban J connectivity index is 2.64. The molecule has 0 atom stereocenters. The molecule has 0 fully saturated rings. The van der Waals surface area contributed by atoms with E-state index in [1.165, 1.54) is 0 Å². The van der Waals surface area contributed by atoms with Crippen molar-refractivity contribution in [3.8, 4) is 0 Å². The molecule has 0 spiro atoms.